The summed E-state index contributed by atoms with van der Waals surface area (Å²) in [7, 11) is 0. The van der Waals surface area contributed by atoms with Crippen molar-refractivity contribution < 1.29 is 18.8 Å². The second-order valence-corrected chi connectivity index (χ2v) is 7.59. The maximum absolute atomic E-state index is 12.1. The van der Waals surface area contributed by atoms with Gasteiger partial charge in [-0.05, 0) is 34.1 Å². The lowest BCUT2D eigenvalue weighted by atomic mass is 10.1. The quantitative estimate of drug-likeness (QED) is 0.846. The van der Waals surface area contributed by atoms with Crippen LogP contribution in [0.4, 0.5) is 4.79 Å². The summed E-state index contributed by atoms with van der Waals surface area (Å²) in [5.41, 5.74) is -0.912. The van der Waals surface area contributed by atoms with Crippen molar-refractivity contribution in [3.8, 4) is 0 Å². The van der Waals surface area contributed by atoms with Crippen LogP contribution < -0.4 is 0 Å². The molecule has 2 rings (SSSR count). The van der Waals surface area contributed by atoms with E-state index in [4.69, 9.17) is 14.0 Å². The third-order valence-electron chi connectivity index (χ3n) is 3.62. The molecule has 0 bridgehead atoms. The number of carbonyl (C=O) groups is 1. The van der Waals surface area contributed by atoms with E-state index >= 15 is 0 Å². The highest BCUT2D eigenvalue weighted by Gasteiger charge is 2.39. The fourth-order valence-corrected chi connectivity index (χ4v) is 2.33. The first kappa shape index (κ1) is 17.7. The third-order valence-corrected chi connectivity index (χ3v) is 3.62. The minimum atomic E-state index is -0.491. The predicted molar refractivity (Wildman–Crippen MR) is 84.0 cm³/mol. The summed E-state index contributed by atoms with van der Waals surface area (Å²) in [4.78, 5) is 18.1. The molecular weight excluding hydrogens is 298 g/mol. The van der Waals surface area contributed by atoms with Crippen LogP contribution in [0.15, 0.2) is 4.52 Å². The van der Waals surface area contributed by atoms with Crippen molar-refractivity contribution >= 4 is 6.09 Å². The van der Waals surface area contributed by atoms with Gasteiger partial charge >= 0.3 is 6.09 Å². The summed E-state index contributed by atoms with van der Waals surface area (Å²) in [6.45, 7) is 12.9. The summed E-state index contributed by atoms with van der Waals surface area (Å²) in [5, 5.41) is 3.92. The van der Waals surface area contributed by atoms with Crippen LogP contribution in [-0.4, -0.2) is 45.4 Å². The Hall–Kier alpha value is -1.63. The van der Waals surface area contributed by atoms with Gasteiger partial charge in [0.05, 0.1) is 12.1 Å². The minimum Gasteiger partial charge on any atom is -0.444 e. The molecule has 0 N–H and O–H groups in total. The summed E-state index contributed by atoms with van der Waals surface area (Å²) < 4.78 is 16.5. The fraction of sp³-hybridized carbons (Fsp3) is 0.812. The molecular formula is C16H27N3O4. The van der Waals surface area contributed by atoms with Crippen molar-refractivity contribution in [3.63, 3.8) is 0 Å². The van der Waals surface area contributed by atoms with E-state index in [0.29, 0.717) is 24.8 Å². The first-order valence-electron chi connectivity index (χ1n) is 8.02. The molecule has 1 saturated heterocycles. The van der Waals surface area contributed by atoms with Crippen molar-refractivity contribution in [1.29, 1.82) is 0 Å². The van der Waals surface area contributed by atoms with Crippen molar-refractivity contribution in [3.05, 3.63) is 11.7 Å². The molecule has 1 aliphatic heterocycles. The van der Waals surface area contributed by atoms with Gasteiger partial charge in [0.15, 0.2) is 5.82 Å². The number of amides is 1. The van der Waals surface area contributed by atoms with E-state index in [1.54, 1.807) is 4.90 Å². The number of nitrogens with zero attached hydrogens (tertiary/aromatic N) is 3. The Bertz CT molecular complexity index is 550. The van der Waals surface area contributed by atoms with Crippen molar-refractivity contribution in [2.45, 2.75) is 71.7 Å². The average molecular weight is 325 g/mol. The molecule has 0 saturated carbocycles. The Kier molecular flexibility index (Phi) is 4.98. The summed E-state index contributed by atoms with van der Waals surface area (Å²) >= 11 is 0. The molecule has 0 spiro atoms. The lowest BCUT2D eigenvalue weighted by Crippen LogP contribution is -2.39. The molecule has 1 aromatic heterocycles. The Morgan fingerprint density at radius 3 is 2.70 bits per heavy atom. The molecule has 1 unspecified atom stereocenters. The van der Waals surface area contributed by atoms with Gasteiger partial charge in [0.2, 0.25) is 5.89 Å². The van der Waals surface area contributed by atoms with E-state index in [1.807, 2.05) is 41.5 Å². The third kappa shape index (κ3) is 4.92. The largest absolute Gasteiger partial charge is 0.444 e. The fourth-order valence-electron chi connectivity index (χ4n) is 2.33. The van der Waals surface area contributed by atoms with Crippen LogP contribution in [0.5, 0.6) is 0 Å². The van der Waals surface area contributed by atoms with Gasteiger partial charge in [0, 0.05) is 12.5 Å². The topological polar surface area (TPSA) is 77.7 Å². The minimum absolute atomic E-state index is 0.195. The Morgan fingerprint density at radius 1 is 1.43 bits per heavy atom. The molecule has 7 heteroatoms. The zero-order valence-electron chi connectivity index (χ0n) is 14.9. The number of likely N-dealkylation sites (tertiary alicyclic amines) is 1. The molecule has 0 aromatic carbocycles. The zero-order chi connectivity index (χ0) is 17.3. The highest BCUT2D eigenvalue weighted by atomic mass is 16.6. The van der Waals surface area contributed by atoms with Crippen LogP contribution in [-0.2, 0) is 16.1 Å². The number of hydrogen-bond acceptors (Lipinski definition) is 6. The van der Waals surface area contributed by atoms with Gasteiger partial charge in [-0.3, -0.25) is 0 Å². The molecule has 130 valence electrons. The van der Waals surface area contributed by atoms with Crippen molar-refractivity contribution in [2.24, 2.45) is 0 Å². The van der Waals surface area contributed by atoms with Crippen LogP contribution in [0.25, 0.3) is 0 Å². The van der Waals surface area contributed by atoms with E-state index in [0.717, 1.165) is 6.42 Å². The number of aromatic nitrogens is 2. The van der Waals surface area contributed by atoms with Gasteiger partial charge in [0.1, 0.15) is 12.2 Å². The number of rotatable bonds is 4. The highest BCUT2D eigenvalue weighted by molar-refractivity contribution is 5.68. The lowest BCUT2D eigenvalue weighted by Gasteiger charge is -2.27. The van der Waals surface area contributed by atoms with Crippen LogP contribution >= 0.6 is 0 Å². The first-order chi connectivity index (χ1) is 10.6. The van der Waals surface area contributed by atoms with E-state index < -0.39 is 11.2 Å². The van der Waals surface area contributed by atoms with Crippen LogP contribution in [0.3, 0.4) is 0 Å². The molecule has 0 radical (unpaired) electrons. The maximum Gasteiger partial charge on any atom is 0.410 e. The molecule has 7 nitrogen and oxygen atoms in total. The van der Waals surface area contributed by atoms with E-state index in [9.17, 15) is 4.79 Å². The molecule has 23 heavy (non-hydrogen) atoms. The van der Waals surface area contributed by atoms with Gasteiger partial charge in [-0.2, -0.15) is 4.98 Å². The van der Waals surface area contributed by atoms with Gasteiger partial charge in [-0.1, -0.05) is 19.0 Å². The Morgan fingerprint density at radius 2 is 2.13 bits per heavy atom. The standard InChI is InChI=1S/C16H27N3O4/c1-11(2)13-17-12(18-23-13)9-21-16(6)7-8-19(10-16)14(20)22-15(3,4)5/h11H,7-10H2,1-6H3. The number of carbonyl (C=O) groups excluding carboxylic acids is 1. The SMILES string of the molecule is CC(C)c1nc(COC2(C)CCN(C(=O)OC(C)(C)C)C2)no1. The average Bonchev–Trinajstić information content (AvgIpc) is 3.02. The van der Waals surface area contributed by atoms with Crippen LogP contribution in [0.2, 0.25) is 0 Å². The van der Waals surface area contributed by atoms with Gasteiger partial charge in [-0.25, -0.2) is 4.79 Å². The maximum atomic E-state index is 12.1. The molecule has 1 fully saturated rings. The second-order valence-electron chi connectivity index (χ2n) is 7.59. The van der Waals surface area contributed by atoms with Crippen LogP contribution in [0, 0.1) is 0 Å². The molecule has 1 aliphatic rings. The summed E-state index contributed by atoms with van der Waals surface area (Å²) in [5.74, 6) is 1.34. The van der Waals surface area contributed by atoms with Crippen LogP contribution in [0.1, 0.15) is 65.6 Å². The molecule has 1 aromatic rings. The molecule has 1 amide bonds. The zero-order valence-corrected chi connectivity index (χ0v) is 14.9. The Labute approximate surface area is 137 Å². The number of hydrogen-bond donors (Lipinski definition) is 0. The molecule has 1 atom stereocenters. The van der Waals surface area contributed by atoms with E-state index in [1.165, 1.54) is 0 Å². The van der Waals surface area contributed by atoms with Gasteiger partial charge in [0.25, 0.3) is 0 Å². The van der Waals surface area contributed by atoms with E-state index in [2.05, 4.69) is 10.1 Å². The first-order valence-corrected chi connectivity index (χ1v) is 8.02. The highest BCUT2D eigenvalue weighted by Crippen LogP contribution is 2.27. The van der Waals surface area contributed by atoms with Gasteiger partial charge in [-0.15, -0.1) is 0 Å². The smallest absolute Gasteiger partial charge is 0.410 e. The lowest BCUT2D eigenvalue weighted by molar-refractivity contribution is -0.0405. The van der Waals surface area contributed by atoms with Crippen molar-refractivity contribution in [1.82, 2.24) is 15.0 Å². The second kappa shape index (κ2) is 6.47. The number of ether oxygens (including phenoxy) is 2. The molecule has 0 aliphatic carbocycles. The van der Waals surface area contributed by atoms with E-state index in [-0.39, 0.29) is 18.6 Å². The molecule has 2 heterocycles. The normalized spacial score (nSPS) is 22.0. The predicted octanol–water partition coefficient (Wildman–Crippen LogP) is 3.11. The summed E-state index contributed by atoms with van der Waals surface area (Å²) in [6, 6.07) is 0. The Balaban J connectivity index is 1.87. The van der Waals surface area contributed by atoms with Crippen molar-refractivity contribution in [2.75, 3.05) is 13.1 Å². The summed E-state index contributed by atoms with van der Waals surface area (Å²) in [6.07, 6.45) is 0.452. The van der Waals surface area contributed by atoms with Gasteiger partial charge < -0.3 is 18.9 Å². The monoisotopic (exact) mass is 325 g/mol.